The fraction of sp³-hybridized carbons (Fsp3) is 0.750. The fourth-order valence-corrected chi connectivity index (χ4v) is 1.10. The van der Waals surface area contributed by atoms with Gasteiger partial charge in [0.25, 0.3) is 0 Å². The van der Waals surface area contributed by atoms with Crippen LogP contribution in [0.2, 0.25) is 0 Å². The minimum atomic E-state index is -1.12. The van der Waals surface area contributed by atoms with Crippen molar-refractivity contribution in [1.82, 2.24) is 10.3 Å². The number of aliphatic carboxylic acids is 1. The third-order valence-corrected chi connectivity index (χ3v) is 2.09. The van der Waals surface area contributed by atoms with E-state index >= 15 is 0 Å². The summed E-state index contributed by atoms with van der Waals surface area (Å²) in [5.74, 6) is -0.898. The lowest BCUT2D eigenvalue weighted by Gasteiger charge is -2.14. The normalized spacial score (nSPS) is 11.6. The summed E-state index contributed by atoms with van der Waals surface area (Å²) < 4.78 is 0. The van der Waals surface area contributed by atoms with E-state index in [1.54, 1.807) is 0 Å². The number of carbonyl (C=O) groups is 2. The number of nitrogens with one attached hydrogen (secondary N) is 1. The Labute approximate surface area is 103 Å². The molecule has 4 N–H and O–H groups in total. The second-order valence-corrected chi connectivity index (χ2v) is 3.59. The molecule has 0 aromatic rings. The molecule has 0 rings (SSSR count). The lowest BCUT2D eigenvalue weighted by molar-refractivity contribution is -0.138. The van der Waals surface area contributed by atoms with Gasteiger partial charge in [0.15, 0.2) is 0 Å². The highest BCUT2D eigenvalue weighted by Gasteiger charge is 2.15. The van der Waals surface area contributed by atoms with Crippen molar-refractivity contribution in [3.05, 3.63) is 4.91 Å². The van der Waals surface area contributed by atoms with Gasteiger partial charge < -0.3 is 16.2 Å². The summed E-state index contributed by atoms with van der Waals surface area (Å²) in [5.41, 5.74) is 5.26. The van der Waals surface area contributed by atoms with Crippen LogP contribution in [-0.2, 0) is 4.79 Å². The van der Waals surface area contributed by atoms with Crippen LogP contribution in [0.1, 0.15) is 12.8 Å². The Hall–Kier alpha value is -1.41. The Balaban J connectivity index is 3.93. The maximum Gasteiger partial charge on any atom is 0.340 e. The van der Waals surface area contributed by atoms with E-state index in [0.717, 1.165) is 0 Å². The van der Waals surface area contributed by atoms with Crippen molar-refractivity contribution in [2.45, 2.75) is 18.9 Å². The van der Waals surface area contributed by atoms with Gasteiger partial charge in [0, 0.05) is 19.0 Å². The van der Waals surface area contributed by atoms with Crippen LogP contribution < -0.4 is 11.1 Å². The highest BCUT2D eigenvalue weighted by molar-refractivity contribution is 6.18. The molecule has 8 nitrogen and oxygen atoms in total. The highest BCUT2D eigenvalue weighted by Crippen LogP contribution is 1.99. The first-order chi connectivity index (χ1) is 8.02. The molecule has 0 fully saturated rings. The minimum absolute atomic E-state index is 0.0125. The van der Waals surface area contributed by atoms with Crippen molar-refractivity contribution >= 4 is 23.6 Å². The molecule has 0 radical (unpaired) electrons. The topological polar surface area (TPSA) is 125 Å². The predicted molar refractivity (Wildman–Crippen MR) is 61.5 cm³/mol. The Morgan fingerprint density at radius 3 is 2.65 bits per heavy atom. The summed E-state index contributed by atoms with van der Waals surface area (Å²) in [5, 5.41) is 14.1. The predicted octanol–water partition coefficient (Wildman–Crippen LogP) is 0.110. The van der Waals surface area contributed by atoms with Crippen LogP contribution in [0.25, 0.3) is 0 Å². The smallest absolute Gasteiger partial charge is 0.340 e. The Kier molecular flexibility index (Phi) is 7.99. The molecule has 0 bridgehead atoms. The second-order valence-electron chi connectivity index (χ2n) is 3.21. The highest BCUT2D eigenvalue weighted by atomic mass is 35.5. The number of urea groups is 1. The van der Waals surface area contributed by atoms with Gasteiger partial charge in [-0.2, -0.15) is 5.01 Å². The van der Waals surface area contributed by atoms with Crippen LogP contribution in [0.5, 0.6) is 0 Å². The Morgan fingerprint density at radius 1 is 1.53 bits per heavy atom. The zero-order valence-corrected chi connectivity index (χ0v) is 9.89. The average molecular weight is 267 g/mol. The monoisotopic (exact) mass is 266 g/mol. The van der Waals surface area contributed by atoms with E-state index in [9.17, 15) is 14.5 Å². The minimum Gasteiger partial charge on any atom is -0.480 e. The van der Waals surface area contributed by atoms with Crippen molar-refractivity contribution in [1.29, 1.82) is 0 Å². The van der Waals surface area contributed by atoms with Gasteiger partial charge >= 0.3 is 12.0 Å². The molecule has 0 aliphatic carbocycles. The molecule has 0 aliphatic heterocycles. The van der Waals surface area contributed by atoms with E-state index in [4.69, 9.17) is 22.4 Å². The second kappa shape index (κ2) is 8.71. The van der Waals surface area contributed by atoms with Crippen molar-refractivity contribution in [3.63, 3.8) is 0 Å². The van der Waals surface area contributed by atoms with Gasteiger partial charge in [0.2, 0.25) is 0 Å². The third kappa shape index (κ3) is 6.69. The molecule has 1 atom stereocenters. The van der Waals surface area contributed by atoms with Crippen molar-refractivity contribution < 1.29 is 14.7 Å². The van der Waals surface area contributed by atoms with Crippen LogP contribution in [-0.4, -0.2) is 47.1 Å². The van der Waals surface area contributed by atoms with Crippen LogP contribution in [0.15, 0.2) is 5.29 Å². The molecule has 0 aliphatic rings. The number of alkyl halides is 1. The number of rotatable bonds is 8. The van der Waals surface area contributed by atoms with Gasteiger partial charge in [-0.05, 0) is 12.8 Å². The molecular formula is C8H15ClN4O4. The molecule has 0 aromatic carbocycles. The molecule has 0 spiro atoms. The molecule has 0 heterocycles. The van der Waals surface area contributed by atoms with Gasteiger partial charge in [-0.3, -0.25) is 4.79 Å². The standard InChI is InChI=1S/C8H15ClN4O4/c9-3-4-11-8(16)13(12-17)5-1-2-6(10)7(14)15/h6H,1-5,10H2,(H,11,16)(H,14,15)/t6-/m0/s1. The van der Waals surface area contributed by atoms with Gasteiger partial charge in [0.1, 0.15) is 6.04 Å². The average Bonchev–Trinajstić information content (AvgIpc) is 2.31. The van der Waals surface area contributed by atoms with Crippen LogP contribution >= 0.6 is 11.6 Å². The number of nitrogens with zero attached hydrogens (tertiary/aromatic N) is 2. The molecule has 17 heavy (non-hydrogen) atoms. The number of carboxylic acids is 1. The van der Waals surface area contributed by atoms with Crippen LogP contribution in [0.3, 0.4) is 0 Å². The largest absolute Gasteiger partial charge is 0.480 e. The first-order valence-electron chi connectivity index (χ1n) is 4.96. The number of carbonyl (C=O) groups excluding carboxylic acids is 1. The third-order valence-electron chi connectivity index (χ3n) is 1.91. The van der Waals surface area contributed by atoms with E-state index < -0.39 is 18.0 Å². The summed E-state index contributed by atoms with van der Waals surface area (Å²) in [6.45, 7) is 0.236. The van der Waals surface area contributed by atoms with Gasteiger partial charge in [-0.1, -0.05) is 0 Å². The molecule has 0 unspecified atom stereocenters. The van der Waals surface area contributed by atoms with Gasteiger partial charge in [0.05, 0.1) is 5.29 Å². The van der Waals surface area contributed by atoms with Crippen LogP contribution in [0, 0.1) is 4.91 Å². The van der Waals surface area contributed by atoms with E-state index in [2.05, 4.69) is 10.6 Å². The summed E-state index contributed by atoms with van der Waals surface area (Å²) in [6, 6.07) is -1.67. The number of amides is 2. The fourth-order valence-electron chi connectivity index (χ4n) is 1.01. The molecular weight excluding hydrogens is 252 g/mol. The zero-order chi connectivity index (χ0) is 13.3. The lowest BCUT2D eigenvalue weighted by atomic mass is 10.2. The number of halogens is 1. The summed E-state index contributed by atoms with van der Waals surface area (Å²) in [7, 11) is 0. The summed E-state index contributed by atoms with van der Waals surface area (Å²) >= 11 is 5.35. The maximum absolute atomic E-state index is 11.3. The van der Waals surface area contributed by atoms with E-state index in [-0.39, 0.29) is 31.8 Å². The van der Waals surface area contributed by atoms with Crippen LogP contribution in [0.4, 0.5) is 4.79 Å². The number of hydrogen-bond donors (Lipinski definition) is 3. The summed E-state index contributed by atoms with van der Waals surface area (Å²) in [4.78, 5) is 32.0. The van der Waals surface area contributed by atoms with E-state index in [1.807, 2.05) is 0 Å². The van der Waals surface area contributed by atoms with Crippen molar-refractivity contribution in [2.24, 2.45) is 11.0 Å². The molecule has 0 saturated heterocycles. The molecule has 0 aromatic heterocycles. The molecule has 0 saturated carbocycles. The first kappa shape index (κ1) is 15.6. The number of hydrogen-bond acceptors (Lipinski definition) is 5. The number of nitroso groups, excluding NO2 is 1. The maximum atomic E-state index is 11.3. The Morgan fingerprint density at radius 2 is 2.18 bits per heavy atom. The molecule has 98 valence electrons. The molecule has 9 heteroatoms. The lowest BCUT2D eigenvalue weighted by Crippen LogP contribution is -2.38. The van der Waals surface area contributed by atoms with E-state index in [0.29, 0.717) is 5.01 Å². The number of carboxylic acid groups (broad SMARTS) is 1. The van der Waals surface area contributed by atoms with Crippen molar-refractivity contribution in [3.8, 4) is 0 Å². The molecule has 2 amide bonds. The quantitative estimate of drug-likeness (QED) is 0.327. The zero-order valence-electron chi connectivity index (χ0n) is 9.13. The Bertz CT molecular complexity index is 276. The van der Waals surface area contributed by atoms with E-state index in [1.165, 1.54) is 0 Å². The SMILES string of the molecule is N[C@@H](CCCN(N=O)C(=O)NCCCl)C(=O)O. The summed E-state index contributed by atoms with van der Waals surface area (Å²) in [6.07, 6.45) is 0.428. The first-order valence-corrected chi connectivity index (χ1v) is 5.49. The van der Waals surface area contributed by atoms with Gasteiger partial charge in [-0.15, -0.1) is 16.5 Å². The number of nitrogens with two attached hydrogens (primary N) is 1. The van der Waals surface area contributed by atoms with Gasteiger partial charge in [-0.25, -0.2) is 4.79 Å². The van der Waals surface area contributed by atoms with Crippen molar-refractivity contribution in [2.75, 3.05) is 19.0 Å².